The van der Waals surface area contributed by atoms with Crippen LogP contribution in [-0.2, 0) is 24.2 Å². The maximum atomic E-state index is 13.5. The Morgan fingerprint density at radius 3 is 2.57 bits per heavy atom. The van der Waals surface area contributed by atoms with Gasteiger partial charge >= 0.3 is 6.18 Å². The Kier molecular flexibility index (Phi) is 5.35. The lowest BCUT2D eigenvalue weighted by Crippen LogP contribution is -2.16. The lowest BCUT2D eigenvalue weighted by molar-refractivity contribution is -0.137. The number of rotatable bonds is 4. The summed E-state index contributed by atoms with van der Waals surface area (Å²) in [5, 5.41) is 10.2. The van der Waals surface area contributed by atoms with Crippen molar-refractivity contribution in [3.8, 4) is 5.69 Å². The van der Waals surface area contributed by atoms with Gasteiger partial charge in [0, 0.05) is 30.2 Å². The quantitative estimate of drug-likeness (QED) is 0.574. The monoisotopic (exact) mass is 435 g/mol. The summed E-state index contributed by atoms with van der Waals surface area (Å²) in [5.41, 5.74) is 0.916. The SMILES string of the molecule is CN(C)OCc1nnc2n1-c1ccc(C(F)(F)F)cc1C(c1ccccc1Cl)=NC2. The number of hydroxylamine groups is 2. The summed E-state index contributed by atoms with van der Waals surface area (Å²) < 4.78 is 42.1. The number of aliphatic imine (C=N–C) groups is 1. The molecule has 156 valence electrons. The van der Waals surface area contributed by atoms with Gasteiger partial charge in [0.1, 0.15) is 13.2 Å². The molecule has 30 heavy (non-hydrogen) atoms. The third-order valence-corrected chi connectivity index (χ3v) is 4.91. The van der Waals surface area contributed by atoms with E-state index < -0.39 is 11.7 Å². The topological polar surface area (TPSA) is 55.5 Å². The van der Waals surface area contributed by atoms with Crippen molar-refractivity contribution in [2.45, 2.75) is 19.3 Å². The molecule has 0 spiro atoms. The lowest BCUT2D eigenvalue weighted by Gasteiger charge is -2.17. The summed E-state index contributed by atoms with van der Waals surface area (Å²) in [7, 11) is 3.45. The number of halogens is 4. The van der Waals surface area contributed by atoms with E-state index in [1.807, 2.05) is 0 Å². The molecule has 0 N–H and O–H groups in total. The average molecular weight is 436 g/mol. The molecular formula is C20H17ClF3N5O. The molecule has 10 heteroatoms. The molecule has 0 amide bonds. The zero-order valence-corrected chi connectivity index (χ0v) is 16.9. The molecule has 0 bridgehead atoms. The highest BCUT2D eigenvalue weighted by Crippen LogP contribution is 2.35. The smallest absolute Gasteiger partial charge is 0.291 e. The van der Waals surface area contributed by atoms with Crippen molar-refractivity contribution in [3.05, 3.63) is 75.8 Å². The van der Waals surface area contributed by atoms with Crippen molar-refractivity contribution in [2.75, 3.05) is 14.1 Å². The molecule has 0 saturated carbocycles. The normalized spacial score (nSPS) is 13.6. The fourth-order valence-electron chi connectivity index (χ4n) is 3.23. The van der Waals surface area contributed by atoms with Crippen LogP contribution in [0.1, 0.15) is 28.3 Å². The van der Waals surface area contributed by atoms with Crippen LogP contribution in [0.15, 0.2) is 47.5 Å². The second kappa shape index (κ2) is 7.82. The second-order valence-corrected chi connectivity index (χ2v) is 7.24. The summed E-state index contributed by atoms with van der Waals surface area (Å²) in [4.78, 5) is 10.0. The summed E-state index contributed by atoms with van der Waals surface area (Å²) in [5.74, 6) is 0.950. The van der Waals surface area contributed by atoms with Crippen molar-refractivity contribution in [2.24, 2.45) is 4.99 Å². The van der Waals surface area contributed by atoms with Crippen LogP contribution in [0.5, 0.6) is 0 Å². The highest BCUT2D eigenvalue weighted by molar-refractivity contribution is 6.35. The largest absolute Gasteiger partial charge is 0.416 e. The second-order valence-electron chi connectivity index (χ2n) is 6.83. The van der Waals surface area contributed by atoms with E-state index in [1.54, 1.807) is 42.9 Å². The lowest BCUT2D eigenvalue weighted by atomic mass is 9.98. The fourth-order valence-corrected chi connectivity index (χ4v) is 3.46. The maximum Gasteiger partial charge on any atom is 0.416 e. The molecule has 0 saturated heterocycles. The first-order valence-corrected chi connectivity index (χ1v) is 9.38. The Labute approximate surface area is 175 Å². The van der Waals surface area contributed by atoms with E-state index in [1.165, 1.54) is 11.1 Å². The minimum atomic E-state index is -4.50. The summed E-state index contributed by atoms with van der Waals surface area (Å²) in [6.45, 7) is 0.230. The van der Waals surface area contributed by atoms with E-state index in [2.05, 4.69) is 15.2 Å². The number of benzene rings is 2. The van der Waals surface area contributed by atoms with Crippen molar-refractivity contribution >= 4 is 17.3 Å². The van der Waals surface area contributed by atoms with E-state index in [-0.39, 0.29) is 13.2 Å². The molecule has 2 aromatic carbocycles. The minimum absolute atomic E-state index is 0.0991. The van der Waals surface area contributed by atoms with Gasteiger partial charge in [-0.1, -0.05) is 29.8 Å². The third-order valence-electron chi connectivity index (χ3n) is 4.58. The van der Waals surface area contributed by atoms with Crippen LogP contribution in [0.2, 0.25) is 5.02 Å². The number of hydrogen-bond acceptors (Lipinski definition) is 5. The fraction of sp³-hybridized carbons (Fsp3) is 0.250. The van der Waals surface area contributed by atoms with Gasteiger partial charge in [0.15, 0.2) is 11.6 Å². The summed E-state index contributed by atoms with van der Waals surface area (Å²) in [6, 6.07) is 10.4. The number of fused-ring (bicyclic) bond motifs is 3. The third kappa shape index (κ3) is 3.83. The van der Waals surface area contributed by atoms with Gasteiger partial charge in [-0.2, -0.15) is 18.2 Å². The van der Waals surface area contributed by atoms with Crippen molar-refractivity contribution in [1.29, 1.82) is 0 Å². The summed E-state index contributed by atoms with van der Waals surface area (Å²) in [6.07, 6.45) is -4.50. The van der Waals surface area contributed by atoms with E-state index in [9.17, 15) is 13.2 Å². The van der Waals surface area contributed by atoms with Gasteiger partial charge in [-0.3, -0.25) is 14.4 Å². The number of aromatic nitrogens is 3. The van der Waals surface area contributed by atoms with Crippen LogP contribution in [0.25, 0.3) is 5.69 Å². The molecule has 0 radical (unpaired) electrons. The molecule has 1 aliphatic rings. The van der Waals surface area contributed by atoms with E-state index in [4.69, 9.17) is 16.4 Å². The van der Waals surface area contributed by atoms with E-state index in [0.29, 0.717) is 39.2 Å². The highest BCUT2D eigenvalue weighted by atomic mass is 35.5. The van der Waals surface area contributed by atoms with Crippen LogP contribution in [0.3, 0.4) is 0 Å². The van der Waals surface area contributed by atoms with Crippen molar-refractivity contribution < 1.29 is 18.0 Å². The molecule has 3 aromatic rings. The Morgan fingerprint density at radius 1 is 1.10 bits per heavy atom. The molecule has 0 fully saturated rings. The highest BCUT2D eigenvalue weighted by Gasteiger charge is 2.33. The first kappa shape index (κ1) is 20.5. The molecule has 4 rings (SSSR count). The van der Waals surface area contributed by atoms with Crippen LogP contribution in [-0.4, -0.2) is 39.6 Å². The maximum absolute atomic E-state index is 13.5. The average Bonchev–Trinajstić information content (AvgIpc) is 3.02. The van der Waals surface area contributed by atoms with Gasteiger partial charge in [-0.05, 0) is 24.3 Å². The molecule has 1 aliphatic heterocycles. The first-order chi connectivity index (χ1) is 14.3. The standard InChI is InChI=1S/C20H17ClF3N5O/c1-28(2)30-11-18-27-26-17-10-25-19(13-5-3-4-6-15(13)21)14-9-12(20(22,23)24)7-8-16(14)29(17)18/h3-9H,10-11H2,1-2H3. The van der Waals surface area contributed by atoms with Gasteiger partial charge in [0.05, 0.1) is 17.0 Å². The van der Waals surface area contributed by atoms with Crippen LogP contribution < -0.4 is 0 Å². The zero-order valence-electron chi connectivity index (χ0n) is 16.1. The Hall–Kier alpha value is -2.75. The van der Waals surface area contributed by atoms with Gasteiger partial charge in [0.2, 0.25) is 0 Å². The van der Waals surface area contributed by atoms with Crippen LogP contribution in [0, 0.1) is 0 Å². The Morgan fingerprint density at radius 2 is 1.87 bits per heavy atom. The first-order valence-electron chi connectivity index (χ1n) is 9.00. The van der Waals surface area contributed by atoms with Gasteiger partial charge < -0.3 is 0 Å². The molecule has 0 atom stereocenters. The molecule has 0 aliphatic carbocycles. The number of hydrogen-bond donors (Lipinski definition) is 0. The predicted octanol–water partition coefficient (Wildman–Crippen LogP) is 4.28. The molecule has 6 nitrogen and oxygen atoms in total. The van der Waals surface area contributed by atoms with Crippen LogP contribution >= 0.6 is 11.6 Å². The molecule has 1 aromatic heterocycles. The zero-order chi connectivity index (χ0) is 21.5. The van der Waals surface area contributed by atoms with Crippen LogP contribution in [0.4, 0.5) is 13.2 Å². The molecular weight excluding hydrogens is 419 g/mol. The number of nitrogens with zero attached hydrogens (tertiary/aromatic N) is 5. The predicted molar refractivity (Wildman–Crippen MR) is 106 cm³/mol. The number of alkyl halides is 3. The Balaban J connectivity index is 1.93. The summed E-state index contributed by atoms with van der Waals surface area (Å²) >= 11 is 6.34. The van der Waals surface area contributed by atoms with Crippen molar-refractivity contribution in [1.82, 2.24) is 19.8 Å². The van der Waals surface area contributed by atoms with Gasteiger partial charge in [-0.25, -0.2) is 0 Å². The molecule has 2 heterocycles. The van der Waals surface area contributed by atoms with Crippen molar-refractivity contribution in [3.63, 3.8) is 0 Å². The van der Waals surface area contributed by atoms with Gasteiger partial charge in [-0.15, -0.1) is 10.2 Å². The molecule has 0 unspecified atom stereocenters. The van der Waals surface area contributed by atoms with Gasteiger partial charge in [0.25, 0.3) is 0 Å². The Bertz CT molecular complexity index is 1120. The van der Waals surface area contributed by atoms with E-state index in [0.717, 1.165) is 12.1 Å². The minimum Gasteiger partial charge on any atom is -0.291 e. The van der Waals surface area contributed by atoms with E-state index >= 15 is 0 Å².